The number of nitrogens with two attached hydrogens (primary N) is 1. The number of halogens is 1. The third-order valence-electron chi connectivity index (χ3n) is 6.27. The van der Waals surface area contributed by atoms with Crippen molar-refractivity contribution in [1.29, 1.82) is 0 Å². The molecule has 0 fully saturated rings. The second-order valence-corrected chi connectivity index (χ2v) is 9.67. The van der Waals surface area contributed by atoms with Crippen LogP contribution in [0, 0.1) is 5.82 Å². The Morgan fingerprint density at radius 2 is 1.74 bits per heavy atom. The molecule has 9 nitrogen and oxygen atoms in total. The summed E-state index contributed by atoms with van der Waals surface area (Å²) < 4.78 is 15.3. The van der Waals surface area contributed by atoms with E-state index in [9.17, 15) is 24.2 Å². The van der Waals surface area contributed by atoms with Gasteiger partial charge in [0.1, 0.15) is 5.82 Å². The standard InChI is InChI=1S/C28H35FN4O5/c1-18(2)26-24(14-13-22(34)15-23(35)16-25(36)38-30)33(21-11-9-20(29)10-12-21)31-27(26)28(37)32(3)17-19-7-5-4-6-8-19/h4-12,18,22-23,34-35H,13-17,30H2,1-3H3/t22-,23-/m1/s1. The second-order valence-electron chi connectivity index (χ2n) is 9.67. The molecule has 0 bridgehead atoms. The van der Waals surface area contributed by atoms with Crippen molar-refractivity contribution in [2.45, 2.75) is 64.2 Å². The van der Waals surface area contributed by atoms with E-state index in [-0.39, 0.29) is 36.8 Å². The van der Waals surface area contributed by atoms with Crippen LogP contribution in [0.4, 0.5) is 4.39 Å². The number of hydrogen-bond donors (Lipinski definition) is 3. The van der Waals surface area contributed by atoms with Crippen LogP contribution in [0.15, 0.2) is 54.6 Å². The number of amides is 1. The van der Waals surface area contributed by atoms with Gasteiger partial charge in [0.05, 0.1) is 24.3 Å². The molecule has 0 aliphatic carbocycles. The molecule has 1 amide bonds. The number of aliphatic hydroxyl groups excluding tert-OH is 2. The molecule has 0 saturated heterocycles. The summed E-state index contributed by atoms with van der Waals surface area (Å²) in [5.74, 6) is 3.31. The van der Waals surface area contributed by atoms with Crippen molar-refractivity contribution >= 4 is 11.9 Å². The number of aromatic nitrogens is 2. The van der Waals surface area contributed by atoms with E-state index in [4.69, 9.17) is 5.90 Å². The average molecular weight is 527 g/mol. The average Bonchev–Trinajstić information content (AvgIpc) is 3.27. The maximum absolute atomic E-state index is 13.7. The first-order chi connectivity index (χ1) is 18.1. The fraction of sp³-hybridized carbons (Fsp3) is 0.393. The van der Waals surface area contributed by atoms with Gasteiger partial charge in [0.25, 0.3) is 5.91 Å². The van der Waals surface area contributed by atoms with Crippen molar-refractivity contribution in [3.8, 4) is 5.69 Å². The number of rotatable bonds is 12. The molecule has 3 aromatic rings. The Balaban J connectivity index is 1.92. The number of carbonyl (C=O) groups is 2. The predicted molar refractivity (Wildman–Crippen MR) is 140 cm³/mol. The van der Waals surface area contributed by atoms with E-state index in [1.54, 1.807) is 28.8 Å². The van der Waals surface area contributed by atoms with Crippen LogP contribution in [0.2, 0.25) is 0 Å². The SMILES string of the molecule is CC(C)c1c(C(=O)N(C)Cc2ccccc2)nn(-c2ccc(F)cc2)c1CC[C@@H](O)C[C@@H](O)CC(=O)ON. The lowest BCUT2D eigenvalue weighted by Gasteiger charge is -2.18. The molecule has 0 aliphatic heterocycles. The van der Waals surface area contributed by atoms with Crippen LogP contribution in [0.3, 0.4) is 0 Å². The van der Waals surface area contributed by atoms with Gasteiger partial charge in [0.15, 0.2) is 5.69 Å². The Morgan fingerprint density at radius 1 is 1.08 bits per heavy atom. The van der Waals surface area contributed by atoms with Gasteiger partial charge in [0.2, 0.25) is 0 Å². The van der Waals surface area contributed by atoms with Gasteiger partial charge in [-0.05, 0) is 55.0 Å². The van der Waals surface area contributed by atoms with Crippen molar-refractivity contribution in [3.05, 3.63) is 82.9 Å². The van der Waals surface area contributed by atoms with Crippen molar-refractivity contribution in [1.82, 2.24) is 14.7 Å². The van der Waals surface area contributed by atoms with Gasteiger partial charge in [-0.2, -0.15) is 11.0 Å². The molecule has 2 aromatic carbocycles. The van der Waals surface area contributed by atoms with Gasteiger partial charge in [-0.3, -0.25) is 9.59 Å². The molecule has 10 heteroatoms. The number of nitrogens with zero attached hydrogens (tertiary/aromatic N) is 3. The zero-order valence-electron chi connectivity index (χ0n) is 21.9. The van der Waals surface area contributed by atoms with E-state index in [2.05, 4.69) is 9.94 Å². The third-order valence-corrected chi connectivity index (χ3v) is 6.27. The molecule has 0 spiro atoms. The Kier molecular flexibility index (Phi) is 10.1. The number of benzene rings is 2. The Morgan fingerprint density at radius 3 is 2.34 bits per heavy atom. The fourth-order valence-electron chi connectivity index (χ4n) is 4.44. The first-order valence-corrected chi connectivity index (χ1v) is 12.5. The number of aliphatic hydroxyl groups is 2. The molecular weight excluding hydrogens is 491 g/mol. The summed E-state index contributed by atoms with van der Waals surface area (Å²) in [6.45, 7) is 4.32. The summed E-state index contributed by atoms with van der Waals surface area (Å²) in [7, 11) is 1.72. The molecule has 38 heavy (non-hydrogen) atoms. The van der Waals surface area contributed by atoms with Crippen LogP contribution in [-0.2, 0) is 22.6 Å². The molecule has 0 unspecified atom stereocenters. The van der Waals surface area contributed by atoms with E-state index in [1.165, 1.54) is 12.1 Å². The van der Waals surface area contributed by atoms with Crippen LogP contribution in [0.1, 0.15) is 66.3 Å². The molecule has 2 atom stereocenters. The third kappa shape index (κ3) is 7.47. The molecule has 0 aliphatic rings. The Bertz CT molecular complexity index is 1210. The largest absolute Gasteiger partial charge is 0.393 e. The normalized spacial score (nSPS) is 12.8. The Labute approximate surface area is 221 Å². The summed E-state index contributed by atoms with van der Waals surface area (Å²) in [5.41, 5.74) is 3.29. The van der Waals surface area contributed by atoms with E-state index in [0.29, 0.717) is 24.3 Å². The minimum atomic E-state index is -1.11. The quantitative estimate of drug-likeness (QED) is 0.309. The highest BCUT2D eigenvalue weighted by Crippen LogP contribution is 2.29. The van der Waals surface area contributed by atoms with Crippen LogP contribution in [-0.4, -0.2) is 56.0 Å². The zero-order valence-corrected chi connectivity index (χ0v) is 21.9. The highest BCUT2D eigenvalue weighted by atomic mass is 19.1. The Hall–Kier alpha value is -3.60. The van der Waals surface area contributed by atoms with Gasteiger partial charge in [-0.25, -0.2) is 9.07 Å². The first kappa shape index (κ1) is 29.0. The van der Waals surface area contributed by atoms with Crippen molar-refractivity contribution in [3.63, 3.8) is 0 Å². The lowest BCUT2D eigenvalue weighted by atomic mass is 9.95. The van der Waals surface area contributed by atoms with E-state index in [0.717, 1.165) is 11.1 Å². The summed E-state index contributed by atoms with van der Waals surface area (Å²) in [4.78, 5) is 30.6. The monoisotopic (exact) mass is 526 g/mol. The lowest BCUT2D eigenvalue weighted by molar-refractivity contribution is -0.146. The van der Waals surface area contributed by atoms with Crippen LogP contribution in [0.25, 0.3) is 5.69 Å². The summed E-state index contributed by atoms with van der Waals surface area (Å²) in [6, 6.07) is 15.4. The molecule has 0 saturated carbocycles. The van der Waals surface area contributed by atoms with Crippen LogP contribution in [0.5, 0.6) is 0 Å². The summed E-state index contributed by atoms with van der Waals surface area (Å²) in [5, 5.41) is 25.3. The highest BCUT2D eigenvalue weighted by molar-refractivity contribution is 5.94. The highest BCUT2D eigenvalue weighted by Gasteiger charge is 2.28. The van der Waals surface area contributed by atoms with E-state index >= 15 is 0 Å². The minimum Gasteiger partial charge on any atom is -0.393 e. The molecule has 4 N–H and O–H groups in total. The van der Waals surface area contributed by atoms with Gasteiger partial charge in [0, 0.05) is 24.8 Å². The van der Waals surface area contributed by atoms with Crippen LogP contribution >= 0.6 is 0 Å². The minimum absolute atomic E-state index is 0.0532. The number of carbonyl (C=O) groups excluding carboxylic acids is 2. The second kappa shape index (κ2) is 13.3. The van der Waals surface area contributed by atoms with Crippen molar-refractivity contribution < 1.29 is 29.0 Å². The zero-order chi connectivity index (χ0) is 27.8. The molecule has 204 valence electrons. The number of hydrogen-bond acceptors (Lipinski definition) is 7. The first-order valence-electron chi connectivity index (χ1n) is 12.5. The van der Waals surface area contributed by atoms with Gasteiger partial charge >= 0.3 is 5.97 Å². The maximum atomic E-state index is 13.7. The van der Waals surface area contributed by atoms with Crippen molar-refractivity contribution in [2.24, 2.45) is 5.90 Å². The molecule has 3 rings (SSSR count). The predicted octanol–water partition coefficient (Wildman–Crippen LogP) is 3.26. The molecule has 1 aromatic heterocycles. The van der Waals surface area contributed by atoms with Gasteiger partial charge in [-0.1, -0.05) is 44.2 Å². The van der Waals surface area contributed by atoms with Crippen LogP contribution < -0.4 is 5.90 Å². The summed E-state index contributed by atoms with van der Waals surface area (Å²) in [6.07, 6.45) is -1.88. The van der Waals surface area contributed by atoms with Gasteiger partial charge in [-0.15, -0.1) is 0 Å². The van der Waals surface area contributed by atoms with Gasteiger partial charge < -0.3 is 20.0 Å². The lowest BCUT2D eigenvalue weighted by Crippen LogP contribution is -2.27. The topological polar surface area (TPSA) is 131 Å². The maximum Gasteiger partial charge on any atom is 0.327 e. The van der Waals surface area contributed by atoms with Crippen molar-refractivity contribution in [2.75, 3.05) is 7.05 Å². The molecular formula is C28H35FN4O5. The molecule has 1 heterocycles. The van der Waals surface area contributed by atoms with E-state index < -0.39 is 24.0 Å². The smallest absolute Gasteiger partial charge is 0.327 e. The fourth-order valence-corrected chi connectivity index (χ4v) is 4.44. The van der Waals surface area contributed by atoms with E-state index in [1.807, 2.05) is 44.2 Å². The summed E-state index contributed by atoms with van der Waals surface area (Å²) >= 11 is 0. The molecule has 0 radical (unpaired) electrons.